The van der Waals surface area contributed by atoms with Crippen LogP contribution in [0.15, 0.2) is 28.7 Å². The van der Waals surface area contributed by atoms with Gasteiger partial charge in [0.25, 0.3) is 0 Å². The van der Waals surface area contributed by atoms with Gasteiger partial charge in [-0.25, -0.2) is 0 Å². The van der Waals surface area contributed by atoms with Gasteiger partial charge in [-0.05, 0) is 23.6 Å². The van der Waals surface area contributed by atoms with E-state index in [9.17, 15) is 0 Å². The Morgan fingerprint density at radius 3 is 2.56 bits per heavy atom. The third-order valence-corrected chi connectivity index (χ3v) is 3.10. The van der Waals surface area contributed by atoms with Gasteiger partial charge in [-0.2, -0.15) is 0 Å². The van der Waals surface area contributed by atoms with Crippen molar-refractivity contribution < 1.29 is 4.42 Å². The van der Waals surface area contributed by atoms with Gasteiger partial charge in [0, 0.05) is 5.39 Å². The summed E-state index contributed by atoms with van der Waals surface area (Å²) in [6, 6.07) is 7.44. The molecule has 0 saturated heterocycles. The minimum absolute atomic E-state index is 0.0274. The number of rotatable bonds is 1. The van der Waals surface area contributed by atoms with Gasteiger partial charge >= 0.3 is 0 Å². The molecule has 0 bridgehead atoms. The summed E-state index contributed by atoms with van der Waals surface area (Å²) < 4.78 is 5.73. The van der Waals surface area contributed by atoms with Crippen molar-refractivity contribution in [1.82, 2.24) is 0 Å². The Labute approximate surface area is 100 Å². The molecule has 2 nitrogen and oxygen atoms in total. The van der Waals surface area contributed by atoms with E-state index in [0.717, 1.165) is 16.7 Å². The van der Waals surface area contributed by atoms with Crippen LogP contribution in [0.3, 0.4) is 0 Å². The Bertz CT molecular complexity index is 510. The molecule has 2 rings (SSSR count). The van der Waals surface area contributed by atoms with Crippen molar-refractivity contribution in [2.75, 3.05) is 0 Å². The topological polar surface area (TPSA) is 39.2 Å². The van der Waals surface area contributed by atoms with Crippen molar-refractivity contribution in [3.05, 3.63) is 35.0 Å². The molecule has 1 aromatic carbocycles. The molecule has 3 heteroatoms. The van der Waals surface area contributed by atoms with Crippen LogP contribution < -0.4 is 5.73 Å². The van der Waals surface area contributed by atoms with Gasteiger partial charge in [-0.15, -0.1) is 0 Å². The molecule has 0 aliphatic carbocycles. The third kappa shape index (κ3) is 1.95. The molecule has 1 heterocycles. The molecule has 0 radical (unpaired) electrons. The first-order valence-electron chi connectivity index (χ1n) is 5.33. The molecule has 0 amide bonds. The van der Waals surface area contributed by atoms with E-state index in [4.69, 9.17) is 21.8 Å². The minimum Gasteiger partial charge on any atom is -0.459 e. The van der Waals surface area contributed by atoms with Crippen molar-refractivity contribution in [3.8, 4) is 0 Å². The predicted molar refractivity (Wildman–Crippen MR) is 67.6 cm³/mol. The van der Waals surface area contributed by atoms with Gasteiger partial charge in [0.2, 0.25) is 0 Å². The van der Waals surface area contributed by atoms with Crippen LogP contribution >= 0.6 is 11.6 Å². The highest BCUT2D eigenvalue weighted by atomic mass is 35.5. The average Bonchev–Trinajstić information content (AvgIpc) is 2.60. The van der Waals surface area contributed by atoms with Crippen molar-refractivity contribution in [1.29, 1.82) is 0 Å². The second-order valence-electron chi connectivity index (χ2n) is 5.14. The summed E-state index contributed by atoms with van der Waals surface area (Å²) in [6.45, 7) is 6.27. The predicted octanol–water partition coefficient (Wildman–Crippen LogP) is 4.13. The average molecular weight is 238 g/mol. The summed E-state index contributed by atoms with van der Waals surface area (Å²) in [4.78, 5) is 0. The molecule has 2 N–H and O–H groups in total. The fourth-order valence-electron chi connectivity index (χ4n) is 1.63. The zero-order valence-corrected chi connectivity index (χ0v) is 10.5. The van der Waals surface area contributed by atoms with E-state index in [0.29, 0.717) is 5.02 Å². The highest BCUT2D eigenvalue weighted by Crippen LogP contribution is 2.35. The summed E-state index contributed by atoms with van der Waals surface area (Å²) in [5, 5.41) is 1.63. The Morgan fingerprint density at radius 1 is 1.31 bits per heavy atom. The lowest BCUT2D eigenvalue weighted by Crippen LogP contribution is -2.25. The van der Waals surface area contributed by atoms with Crippen molar-refractivity contribution in [2.24, 2.45) is 11.1 Å². The molecular formula is C13H16ClNO. The summed E-state index contributed by atoms with van der Waals surface area (Å²) >= 11 is 6.09. The quantitative estimate of drug-likeness (QED) is 0.810. The standard InChI is InChI=1S/C13H16ClNO/c1-13(2,3)12(15)11-7-8-9(14)5-4-6-10(8)16-11/h4-7,12H,15H2,1-3H3/t12-/m0/s1. The number of hydrogen-bond donors (Lipinski definition) is 1. The highest BCUT2D eigenvalue weighted by Gasteiger charge is 2.25. The summed E-state index contributed by atoms with van der Waals surface area (Å²) in [5.41, 5.74) is 6.92. The van der Waals surface area contributed by atoms with Gasteiger partial charge < -0.3 is 10.2 Å². The van der Waals surface area contributed by atoms with Crippen molar-refractivity contribution in [3.63, 3.8) is 0 Å². The molecule has 0 saturated carbocycles. The normalized spacial score (nSPS) is 14.3. The van der Waals surface area contributed by atoms with Crippen LogP contribution in [-0.2, 0) is 0 Å². The molecule has 0 aliphatic rings. The maximum absolute atomic E-state index is 6.15. The van der Waals surface area contributed by atoms with Crippen LogP contribution in [0.25, 0.3) is 11.0 Å². The van der Waals surface area contributed by atoms with Crippen LogP contribution in [0.4, 0.5) is 0 Å². The van der Waals surface area contributed by atoms with E-state index in [1.165, 1.54) is 0 Å². The largest absolute Gasteiger partial charge is 0.459 e. The second kappa shape index (κ2) is 3.79. The molecule has 16 heavy (non-hydrogen) atoms. The summed E-state index contributed by atoms with van der Waals surface area (Å²) in [7, 11) is 0. The third-order valence-electron chi connectivity index (χ3n) is 2.77. The SMILES string of the molecule is CC(C)(C)[C@@H](N)c1cc2c(Cl)cccc2o1. The lowest BCUT2D eigenvalue weighted by Gasteiger charge is -2.24. The lowest BCUT2D eigenvalue weighted by atomic mass is 9.86. The fraction of sp³-hybridized carbons (Fsp3) is 0.385. The smallest absolute Gasteiger partial charge is 0.135 e. The van der Waals surface area contributed by atoms with E-state index in [2.05, 4.69) is 20.8 Å². The van der Waals surface area contributed by atoms with Crippen LogP contribution in [-0.4, -0.2) is 0 Å². The Kier molecular flexibility index (Phi) is 2.72. The molecule has 1 aromatic heterocycles. The van der Waals surface area contributed by atoms with Gasteiger partial charge in [-0.3, -0.25) is 0 Å². The Balaban J connectivity index is 2.52. The van der Waals surface area contributed by atoms with E-state index in [1.54, 1.807) is 0 Å². The van der Waals surface area contributed by atoms with Crippen molar-refractivity contribution >= 4 is 22.6 Å². The first-order chi connectivity index (χ1) is 7.39. The number of benzene rings is 1. The van der Waals surface area contributed by atoms with Gasteiger partial charge in [0.05, 0.1) is 11.1 Å². The van der Waals surface area contributed by atoms with Gasteiger partial charge in [-0.1, -0.05) is 38.4 Å². The summed E-state index contributed by atoms with van der Waals surface area (Å²) in [5.74, 6) is 0.788. The van der Waals surface area contributed by atoms with Crippen molar-refractivity contribution in [2.45, 2.75) is 26.8 Å². The maximum Gasteiger partial charge on any atom is 0.135 e. The minimum atomic E-state index is -0.129. The number of nitrogens with two attached hydrogens (primary N) is 1. The molecule has 2 aromatic rings. The summed E-state index contributed by atoms with van der Waals surface area (Å²) in [6.07, 6.45) is 0. The number of fused-ring (bicyclic) bond motifs is 1. The molecule has 0 spiro atoms. The van der Waals surface area contributed by atoms with Gasteiger partial charge in [0.1, 0.15) is 11.3 Å². The highest BCUT2D eigenvalue weighted by molar-refractivity contribution is 6.35. The van der Waals surface area contributed by atoms with E-state index < -0.39 is 0 Å². The van der Waals surface area contributed by atoms with Crippen LogP contribution in [0, 0.1) is 5.41 Å². The van der Waals surface area contributed by atoms with Gasteiger partial charge in [0.15, 0.2) is 0 Å². The zero-order valence-electron chi connectivity index (χ0n) is 9.75. The van der Waals surface area contributed by atoms with Crippen LogP contribution in [0.2, 0.25) is 5.02 Å². The van der Waals surface area contributed by atoms with E-state index in [1.807, 2.05) is 24.3 Å². The zero-order chi connectivity index (χ0) is 11.9. The molecule has 0 aliphatic heterocycles. The van der Waals surface area contributed by atoms with E-state index in [-0.39, 0.29) is 11.5 Å². The number of halogens is 1. The first kappa shape index (κ1) is 11.5. The molecular weight excluding hydrogens is 222 g/mol. The molecule has 1 atom stereocenters. The molecule has 0 unspecified atom stereocenters. The fourth-order valence-corrected chi connectivity index (χ4v) is 1.85. The van der Waals surface area contributed by atoms with Crippen LogP contribution in [0.5, 0.6) is 0 Å². The maximum atomic E-state index is 6.15. The Morgan fingerprint density at radius 2 is 2.00 bits per heavy atom. The number of furan rings is 1. The van der Waals surface area contributed by atoms with Crippen LogP contribution in [0.1, 0.15) is 32.6 Å². The first-order valence-corrected chi connectivity index (χ1v) is 5.71. The lowest BCUT2D eigenvalue weighted by molar-refractivity contribution is 0.290. The number of hydrogen-bond acceptors (Lipinski definition) is 2. The molecule has 86 valence electrons. The second-order valence-corrected chi connectivity index (χ2v) is 5.55. The van der Waals surface area contributed by atoms with E-state index >= 15 is 0 Å². The Hall–Kier alpha value is -0.990. The molecule has 0 fully saturated rings. The monoisotopic (exact) mass is 237 g/mol.